The largest absolute Gasteiger partial charge is 0.394 e. The zero-order chi connectivity index (χ0) is 12.9. The fourth-order valence-electron chi connectivity index (χ4n) is 2.43. The second kappa shape index (κ2) is 3.75. The van der Waals surface area contributed by atoms with Crippen LogP contribution in [0.2, 0.25) is 0 Å². The third-order valence-corrected chi connectivity index (χ3v) is 3.37. The molecular weight excluding hydrogens is 242 g/mol. The maximum absolute atomic E-state index is 11.8. The van der Waals surface area contributed by atoms with Gasteiger partial charge < -0.3 is 25.4 Å². The molecule has 3 heterocycles. The summed E-state index contributed by atoms with van der Waals surface area (Å²) < 4.78 is 12.1. The minimum Gasteiger partial charge on any atom is -0.394 e. The van der Waals surface area contributed by atoms with Gasteiger partial charge in [-0.1, -0.05) is 0 Å². The summed E-state index contributed by atoms with van der Waals surface area (Å²) in [5.41, 5.74) is 3.75. The lowest BCUT2D eigenvalue weighted by Crippen LogP contribution is -2.62. The first-order chi connectivity index (χ1) is 8.58. The van der Waals surface area contributed by atoms with Crippen molar-refractivity contribution in [1.82, 2.24) is 9.55 Å². The lowest BCUT2D eigenvalue weighted by atomic mass is 9.98. The van der Waals surface area contributed by atoms with Crippen LogP contribution in [0.3, 0.4) is 0 Å². The average molecular weight is 255 g/mol. The van der Waals surface area contributed by atoms with E-state index in [1.165, 1.54) is 16.8 Å². The van der Waals surface area contributed by atoms with E-state index < -0.39 is 29.7 Å². The molecule has 18 heavy (non-hydrogen) atoms. The highest BCUT2D eigenvalue weighted by Gasteiger charge is 2.63. The Morgan fingerprint density at radius 3 is 3.00 bits per heavy atom. The summed E-state index contributed by atoms with van der Waals surface area (Å²) in [7, 11) is 0. The first-order valence-corrected chi connectivity index (χ1v) is 5.52. The molecule has 8 heteroatoms. The van der Waals surface area contributed by atoms with Crippen molar-refractivity contribution < 1.29 is 19.7 Å². The van der Waals surface area contributed by atoms with Gasteiger partial charge in [-0.3, -0.25) is 4.57 Å². The van der Waals surface area contributed by atoms with E-state index in [-0.39, 0.29) is 19.0 Å². The van der Waals surface area contributed by atoms with Gasteiger partial charge in [0.25, 0.3) is 0 Å². The van der Waals surface area contributed by atoms with Gasteiger partial charge >= 0.3 is 5.69 Å². The normalized spacial score (nSPS) is 38.2. The molecule has 3 rings (SSSR count). The van der Waals surface area contributed by atoms with Crippen LogP contribution in [-0.2, 0) is 15.2 Å². The minimum absolute atomic E-state index is 0.113. The van der Waals surface area contributed by atoms with Crippen LogP contribution in [-0.4, -0.2) is 51.3 Å². The molecule has 0 amide bonds. The smallest absolute Gasteiger partial charge is 0.352 e. The van der Waals surface area contributed by atoms with E-state index in [4.69, 9.17) is 20.3 Å². The van der Waals surface area contributed by atoms with E-state index in [0.29, 0.717) is 0 Å². The first kappa shape index (κ1) is 11.6. The third-order valence-electron chi connectivity index (χ3n) is 3.37. The molecule has 0 aromatic carbocycles. The SMILES string of the molecule is Nc1ccn([C@@]23CO[C@@H]2[C@H](O)[C@@H](CO)O3)c(=O)n1. The van der Waals surface area contributed by atoms with E-state index in [9.17, 15) is 9.90 Å². The number of hydrogen-bond donors (Lipinski definition) is 3. The van der Waals surface area contributed by atoms with Gasteiger partial charge in [0.15, 0.2) is 0 Å². The van der Waals surface area contributed by atoms with Crippen LogP contribution in [0.1, 0.15) is 0 Å². The number of aliphatic hydroxyl groups is 2. The number of aliphatic hydroxyl groups excluding tert-OH is 2. The highest BCUT2D eigenvalue weighted by molar-refractivity contribution is 5.24. The second-order valence-corrected chi connectivity index (χ2v) is 4.41. The molecule has 2 fully saturated rings. The van der Waals surface area contributed by atoms with Gasteiger partial charge in [0.1, 0.15) is 24.1 Å². The maximum atomic E-state index is 11.8. The van der Waals surface area contributed by atoms with Crippen molar-refractivity contribution in [2.45, 2.75) is 24.0 Å². The number of nitrogens with two attached hydrogens (primary N) is 1. The summed E-state index contributed by atoms with van der Waals surface area (Å²) in [5, 5.41) is 19.0. The molecule has 0 radical (unpaired) electrons. The summed E-state index contributed by atoms with van der Waals surface area (Å²) in [5.74, 6) is 0.113. The molecule has 0 aliphatic carbocycles. The molecule has 0 saturated carbocycles. The fraction of sp³-hybridized carbons (Fsp3) is 0.600. The van der Waals surface area contributed by atoms with E-state index in [2.05, 4.69) is 4.98 Å². The van der Waals surface area contributed by atoms with E-state index in [1.54, 1.807) is 0 Å². The molecule has 4 N–H and O–H groups in total. The Morgan fingerprint density at radius 2 is 2.44 bits per heavy atom. The van der Waals surface area contributed by atoms with Crippen molar-refractivity contribution in [3.05, 3.63) is 22.7 Å². The number of hydrogen-bond acceptors (Lipinski definition) is 7. The average Bonchev–Trinajstić information content (AvgIpc) is 2.48. The molecule has 0 spiro atoms. The van der Waals surface area contributed by atoms with Crippen LogP contribution in [0.15, 0.2) is 17.1 Å². The van der Waals surface area contributed by atoms with E-state index >= 15 is 0 Å². The Morgan fingerprint density at radius 1 is 1.67 bits per heavy atom. The Balaban J connectivity index is 2.04. The summed E-state index contributed by atoms with van der Waals surface area (Å²) in [6.45, 7) is -0.226. The topological polar surface area (TPSA) is 120 Å². The molecule has 2 aliphatic heterocycles. The number of aromatic nitrogens is 2. The Hall–Kier alpha value is -1.48. The monoisotopic (exact) mass is 255 g/mol. The van der Waals surface area contributed by atoms with Gasteiger partial charge in [0.2, 0.25) is 5.72 Å². The van der Waals surface area contributed by atoms with Crippen LogP contribution >= 0.6 is 0 Å². The molecule has 0 unspecified atom stereocenters. The predicted molar refractivity (Wildman–Crippen MR) is 58.6 cm³/mol. The predicted octanol–water partition coefficient (Wildman–Crippen LogP) is -2.37. The van der Waals surface area contributed by atoms with Gasteiger partial charge in [-0.25, -0.2) is 4.79 Å². The molecule has 2 saturated heterocycles. The van der Waals surface area contributed by atoms with Crippen molar-refractivity contribution in [2.75, 3.05) is 18.9 Å². The Bertz CT molecular complexity index is 532. The second-order valence-electron chi connectivity index (χ2n) is 4.41. The third kappa shape index (κ3) is 1.34. The highest BCUT2D eigenvalue weighted by Crippen LogP contribution is 2.44. The number of ether oxygens (including phenoxy) is 2. The molecule has 0 bridgehead atoms. The molecule has 1 aromatic heterocycles. The van der Waals surface area contributed by atoms with Crippen molar-refractivity contribution in [1.29, 1.82) is 0 Å². The summed E-state index contributed by atoms with van der Waals surface area (Å²) in [6.07, 6.45) is -0.986. The molecular formula is C10H13N3O5. The van der Waals surface area contributed by atoms with Gasteiger partial charge in [-0.05, 0) is 6.07 Å². The van der Waals surface area contributed by atoms with Crippen LogP contribution in [0.25, 0.3) is 0 Å². The Labute approximate surface area is 102 Å². The molecule has 8 nitrogen and oxygen atoms in total. The van der Waals surface area contributed by atoms with Crippen molar-refractivity contribution in [2.24, 2.45) is 0 Å². The Kier molecular flexibility index (Phi) is 2.42. The zero-order valence-electron chi connectivity index (χ0n) is 9.39. The lowest BCUT2D eigenvalue weighted by Gasteiger charge is -2.44. The van der Waals surface area contributed by atoms with Gasteiger partial charge in [0, 0.05) is 6.20 Å². The van der Waals surface area contributed by atoms with Gasteiger partial charge in [-0.2, -0.15) is 4.98 Å². The van der Waals surface area contributed by atoms with E-state index in [0.717, 1.165) is 0 Å². The quantitative estimate of drug-likeness (QED) is 0.540. The molecule has 1 aromatic rings. The summed E-state index contributed by atoms with van der Waals surface area (Å²) >= 11 is 0. The van der Waals surface area contributed by atoms with E-state index in [1.807, 2.05) is 0 Å². The number of anilines is 1. The van der Waals surface area contributed by atoms with Gasteiger partial charge in [0.05, 0.1) is 13.2 Å². The standard InChI is InChI=1S/C10H13N3O5/c11-6-1-2-13(9(16)12-6)10-4-17-8(10)7(15)5(3-14)18-10/h1-2,5,7-8,14-15H,3-4H2,(H2,11,12,16)/t5-,7-,8-,10-/m1/s1. The number of rotatable bonds is 2. The number of nitrogens with zero attached hydrogens (tertiary/aromatic N) is 2. The summed E-state index contributed by atoms with van der Waals surface area (Å²) in [4.78, 5) is 15.4. The van der Waals surface area contributed by atoms with Crippen molar-refractivity contribution in [3.63, 3.8) is 0 Å². The first-order valence-electron chi connectivity index (χ1n) is 5.52. The molecule has 4 atom stereocenters. The van der Waals surface area contributed by atoms with Crippen LogP contribution in [0, 0.1) is 0 Å². The highest BCUT2D eigenvalue weighted by atomic mass is 16.7. The lowest BCUT2D eigenvalue weighted by molar-refractivity contribution is -0.278. The van der Waals surface area contributed by atoms with Gasteiger partial charge in [-0.15, -0.1) is 0 Å². The zero-order valence-corrected chi connectivity index (χ0v) is 9.39. The van der Waals surface area contributed by atoms with Crippen molar-refractivity contribution in [3.8, 4) is 0 Å². The summed E-state index contributed by atoms with van der Waals surface area (Å²) in [6, 6.07) is 1.47. The number of nitrogen functional groups attached to an aromatic ring is 1. The number of fused-ring (bicyclic) bond motifs is 1. The van der Waals surface area contributed by atoms with Crippen LogP contribution in [0.4, 0.5) is 5.82 Å². The fourth-order valence-corrected chi connectivity index (χ4v) is 2.43. The molecule has 98 valence electrons. The maximum Gasteiger partial charge on any atom is 0.352 e. The minimum atomic E-state index is -1.09. The van der Waals surface area contributed by atoms with Crippen molar-refractivity contribution >= 4 is 5.82 Å². The van der Waals surface area contributed by atoms with Crippen LogP contribution < -0.4 is 11.4 Å². The van der Waals surface area contributed by atoms with Crippen LogP contribution in [0.5, 0.6) is 0 Å². The molecule has 2 aliphatic rings.